The molecular formula is C21H18ClN3O. The van der Waals surface area contributed by atoms with Crippen LogP contribution in [0.3, 0.4) is 0 Å². The topological polar surface area (TPSA) is 45.2 Å². The molecule has 26 heavy (non-hydrogen) atoms. The summed E-state index contributed by atoms with van der Waals surface area (Å²) >= 11 is 6.18. The average molecular weight is 364 g/mol. The third kappa shape index (κ3) is 3.04. The van der Waals surface area contributed by atoms with Crippen molar-refractivity contribution in [3.05, 3.63) is 82.6 Å². The van der Waals surface area contributed by atoms with Crippen LogP contribution in [0, 0.1) is 6.92 Å². The van der Waals surface area contributed by atoms with Crippen LogP contribution < -0.4 is 10.2 Å². The first kappa shape index (κ1) is 16.6. The number of hydrogen-bond donors (Lipinski definition) is 1. The number of carbonyl (C=O) groups excluding carboxylic acids is 1. The predicted molar refractivity (Wildman–Crippen MR) is 106 cm³/mol. The van der Waals surface area contributed by atoms with Gasteiger partial charge in [-0.25, -0.2) is 0 Å². The minimum absolute atomic E-state index is 0.0334. The van der Waals surface area contributed by atoms with E-state index in [1.54, 1.807) is 12.4 Å². The van der Waals surface area contributed by atoms with Gasteiger partial charge in [-0.05, 0) is 48.7 Å². The summed E-state index contributed by atoms with van der Waals surface area (Å²) in [6, 6.07) is 15.6. The maximum absolute atomic E-state index is 13.0. The second-order valence-electron chi connectivity index (χ2n) is 6.34. The molecule has 1 aliphatic heterocycles. The zero-order chi connectivity index (χ0) is 18.1. The number of anilines is 3. The SMILES string of the molecule is Cc1c(Cl)cccc1Nc1cncc(C(=O)N2CCc3ccccc32)c1. The number of aromatic nitrogens is 1. The molecule has 0 aliphatic carbocycles. The van der Waals surface area contributed by atoms with Crippen LogP contribution >= 0.6 is 11.6 Å². The molecule has 1 amide bonds. The predicted octanol–water partition coefficient (Wildman–Crippen LogP) is 4.99. The third-order valence-electron chi connectivity index (χ3n) is 4.66. The number of carbonyl (C=O) groups is 1. The van der Waals surface area contributed by atoms with Crippen molar-refractivity contribution in [1.82, 2.24) is 4.98 Å². The van der Waals surface area contributed by atoms with Crippen LogP contribution in [0.5, 0.6) is 0 Å². The van der Waals surface area contributed by atoms with E-state index in [0.717, 1.165) is 29.0 Å². The van der Waals surface area contributed by atoms with E-state index in [2.05, 4.69) is 16.4 Å². The lowest BCUT2D eigenvalue weighted by Crippen LogP contribution is -2.29. The third-order valence-corrected chi connectivity index (χ3v) is 5.07. The molecule has 2 heterocycles. The lowest BCUT2D eigenvalue weighted by atomic mass is 10.1. The number of rotatable bonds is 3. The van der Waals surface area contributed by atoms with Gasteiger partial charge in [0.05, 0.1) is 17.4 Å². The van der Waals surface area contributed by atoms with Crippen molar-refractivity contribution >= 4 is 34.6 Å². The minimum atomic E-state index is -0.0334. The van der Waals surface area contributed by atoms with Crippen molar-refractivity contribution in [2.75, 3.05) is 16.8 Å². The number of pyridine rings is 1. The molecule has 1 aliphatic rings. The molecule has 0 saturated heterocycles. The van der Waals surface area contributed by atoms with Crippen LogP contribution in [0.25, 0.3) is 0 Å². The van der Waals surface area contributed by atoms with Gasteiger partial charge in [-0.15, -0.1) is 0 Å². The number of hydrogen-bond acceptors (Lipinski definition) is 3. The monoisotopic (exact) mass is 363 g/mol. The number of nitrogens with one attached hydrogen (secondary N) is 1. The lowest BCUT2D eigenvalue weighted by Gasteiger charge is -2.18. The normalized spacial score (nSPS) is 12.8. The van der Waals surface area contributed by atoms with Crippen LogP contribution in [-0.4, -0.2) is 17.4 Å². The van der Waals surface area contributed by atoms with E-state index in [-0.39, 0.29) is 5.91 Å². The summed E-state index contributed by atoms with van der Waals surface area (Å²) in [6.45, 7) is 2.65. The van der Waals surface area contributed by atoms with Crippen LogP contribution in [0.4, 0.5) is 17.1 Å². The van der Waals surface area contributed by atoms with Crippen molar-refractivity contribution in [3.63, 3.8) is 0 Å². The van der Waals surface area contributed by atoms with Crippen LogP contribution in [0.1, 0.15) is 21.5 Å². The van der Waals surface area contributed by atoms with Gasteiger partial charge in [0.2, 0.25) is 0 Å². The maximum Gasteiger partial charge on any atom is 0.259 e. The number of amides is 1. The molecule has 0 saturated carbocycles. The van der Waals surface area contributed by atoms with Gasteiger partial charge in [0.15, 0.2) is 0 Å². The van der Waals surface area contributed by atoms with Gasteiger partial charge in [0.1, 0.15) is 0 Å². The van der Waals surface area contributed by atoms with Gasteiger partial charge in [0.25, 0.3) is 5.91 Å². The molecule has 0 spiro atoms. The van der Waals surface area contributed by atoms with E-state index in [0.29, 0.717) is 17.1 Å². The van der Waals surface area contributed by atoms with E-state index in [1.807, 2.05) is 54.3 Å². The Morgan fingerprint density at radius 3 is 2.88 bits per heavy atom. The van der Waals surface area contributed by atoms with Crippen LogP contribution in [0.15, 0.2) is 60.9 Å². The second-order valence-corrected chi connectivity index (χ2v) is 6.74. The summed E-state index contributed by atoms with van der Waals surface area (Å²) in [5.74, 6) is -0.0334. The van der Waals surface area contributed by atoms with Crippen molar-refractivity contribution < 1.29 is 4.79 Å². The minimum Gasteiger partial charge on any atom is -0.354 e. The summed E-state index contributed by atoms with van der Waals surface area (Å²) in [4.78, 5) is 19.0. The fraction of sp³-hybridized carbons (Fsp3) is 0.143. The molecule has 130 valence electrons. The van der Waals surface area contributed by atoms with E-state index < -0.39 is 0 Å². The van der Waals surface area contributed by atoms with Gasteiger partial charge >= 0.3 is 0 Å². The summed E-state index contributed by atoms with van der Waals surface area (Å²) in [7, 11) is 0. The van der Waals surface area contributed by atoms with Crippen LogP contribution in [0.2, 0.25) is 5.02 Å². The Labute approximate surface area is 157 Å². The highest BCUT2D eigenvalue weighted by Gasteiger charge is 2.25. The first-order valence-corrected chi connectivity index (χ1v) is 8.88. The van der Waals surface area contributed by atoms with Gasteiger partial charge in [-0.3, -0.25) is 9.78 Å². The van der Waals surface area contributed by atoms with E-state index in [4.69, 9.17) is 11.6 Å². The molecule has 4 rings (SSSR count). The number of halogens is 1. The van der Waals surface area contributed by atoms with Gasteiger partial charge in [0, 0.05) is 29.1 Å². The number of nitrogens with zero attached hydrogens (tertiary/aromatic N) is 2. The summed E-state index contributed by atoms with van der Waals surface area (Å²) in [5, 5.41) is 4.00. The Morgan fingerprint density at radius 2 is 2.00 bits per heavy atom. The van der Waals surface area contributed by atoms with Gasteiger partial charge in [-0.2, -0.15) is 0 Å². The molecule has 0 bridgehead atoms. The molecule has 0 fully saturated rings. The fourth-order valence-electron chi connectivity index (χ4n) is 3.23. The largest absolute Gasteiger partial charge is 0.354 e. The molecule has 0 unspecified atom stereocenters. The highest BCUT2D eigenvalue weighted by Crippen LogP contribution is 2.30. The van der Waals surface area contributed by atoms with E-state index in [1.165, 1.54) is 5.56 Å². The zero-order valence-electron chi connectivity index (χ0n) is 14.4. The highest BCUT2D eigenvalue weighted by atomic mass is 35.5. The van der Waals surface area contributed by atoms with E-state index >= 15 is 0 Å². The standard InChI is InChI=1S/C21H18ClN3O/c1-14-18(22)6-4-7-19(14)24-17-11-16(12-23-13-17)21(26)25-10-9-15-5-2-3-8-20(15)25/h2-8,11-13,24H,9-10H2,1H3. The summed E-state index contributed by atoms with van der Waals surface area (Å²) in [5.41, 5.74) is 5.37. The smallest absolute Gasteiger partial charge is 0.259 e. The molecule has 4 nitrogen and oxygen atoms in total. The number of benzene rings is 2. The summed E-state index contributed by atoms with van der Waals surface area (Å²) in [6.07, 6.45) is 4.20. The number of fused-ring (bicyclic) bond motifs is 1. The highest BCUT2D eigenvalue weighted by molar-refractivity contribution is 6.31. The molecule has 0 atom stereocenters. The van der Waals surface area contributed by atoms with Crippen molar-refractivity contribution in [1.29, 1.82) is 0 Å². The Kier molecular flexibility index (Phi) is 4.35. The Balaban J connectivity index is 1.60. The van der Waals surface area contributed by atoms with Crippen molar-refractivity contribution in [2.24, 2.45) is 0 Å². The van der Waals surface area contributed by atoms with E-state index in [9.17, 15) is 4.79 Å². The van der Waals surface area contributed by atoms with Crippen molar-refractivity contribution in [3.8, 4) is 0 Å². The number of para-hydroxylation sites is 1. The Morgan fingerprint density at radius 1 is 1.15 bits per heavy atom. The van der Waals surface area contributed by atoms with Gasteiger partial charge < -0.3 is 10.2 Å². The van der Waals surface area contributed by atoms with Gasteiger partial charge in [-0.1, -0.05) is 35.9 Å². The lowest BCUT2D eigenvalue weighted by molar-refractivity contribution is 0.0989. The van der Waals surface area contributed by atoms with Crippen LogP contribution in [-0.2, 0) is 6.42 Å². The molecule has 1 N–H and O–H groups in total. The average Bonchev–Trinajstić information content (AvgIpc) is 3.09. The molecule has 3 aromatic rings. The fourth-order valence-corrected chi connectivity index (χ4v) is 3.40. The first-order valence-electron chi connectivity index (χ1n) is 8.50. The molecule has 1 aromatic heterocycles. The zero-order valence-corrected chi connectivity index (χ0v) is 15.1. The maximum atomic E-state index is 13.0. The molecule has 2 aromatic carbocycles. The Bertz CT molecular complexity index is 986. The summed E-state index contributed by atoms with van der Waals surface area (Å²) < 4.78 is 0. The molecule has 0 radical (unpaired) electrons. The first-order chi connectivity index (χ1) is 12.6. The Hall–Kier alpha value is -2.85. The van der Waals surface area contributed by atoms with Crippen molar-refractivity contribution in [2.45, 2.75) is 13.3 Å². The second kappa shape index (κ2) is 6.81. The quantitative estimate of drug-likeness (QED) is 0.713. The molecule has 5 heteroatoms. The molecular weight excluding hydrogens is 346 g/mol.